The van der Waals surface area contributed by atoms with Crippen LogP contribution in [0, 0.1) is 46.3 Å². The van der Waals surface area contributed by atoms with Crippen LogP contribution in [0.3, 0.4) is 0 Å². The average Bonchev–Trinajstić information content (AvgIpc) is 3.56. The molecule has 3 saturated carbocycles. The second-order valence-electron chi connectivity index (χ2n) is 18.3. The van der Waals surface area contributed by atoms with Crippen LogP contribution in [0.25, 0.3) is 0 Å². The van der Waals surface area contributed by atoms with Crippen molar-refractivity contribution >= 4 is 0 Å². The van der Waals surface area contributed by atoms with E-state index in [1.54, 1.807) is 0 Å². The molecule has 4 heterocycles. The Morgan fingerprint density at radius 1 is 0.824 bits per heavy atom. The Hall–Kier alpha value is -0.740. The number of ether oxygens (including phenoxy) is 6. The molecule has 0 aromatic heterocycles. The third kappa shape index (κ3) is 5.84. The Labute approximate surface area is 301 Å². The summed E-state index contributed by atoms with van der Waals surface area (Å²) in [6, 6.07) is 0. The van der Waals surface area contributed by atoms with Crippen LogP contribution in [0.4, 0.5) is 0 Å². The molecular formula is C39H62O12. The highest BCUT2D eigenvalue weighted by Gasteiger charge is 2.68. The van der Waals surface area contributed by atoms with Crippen LogP contribution in [0.1, 0.15) is 92.4 Å². The van der Waals surface area contributed by atoms with E-state index in [9.17, 15) is 30.6 Å². The molecule has 0 aromatic carbocycles. The normalized spacial score (nSPS) is 58.4. The van der Waals surface area contributed by atoms with Gasteiger partial charge in [0.05, 0.1) is 31.5 Å². The third-order valence-corrected chi connectivity index (χ3v) is 15.6. The molecule has 4 saturated heterocycles. The summed E-state index contributed by atoms with van der Waals surface area (Å²) in [7, 11) is 0. The van der Waals surface area contributed by atoms with Gasteiger partial charge in [-0.1, -0.05) is 39.3 Å². The first-order valence-corrected chi connectivity index (χ1v) is 19.8. The lowest BCUT2D eigenvalue weighted by Crippen LogP contribution is -2.64. The Kier molecular flexibility index (Phi) is 9.83. The number of fused-ring (bicyclic) bond motifs is 7. The summed E-state index contributed by atoms with van der Waals surface area (Å²) < 4.78 is 37.1. The molecule has 12 nitrogen and oxygen atoms in total. The molecule has 1 spiro atoms. The molecule has 0 aromatic rings. The van der Waals surface area contributed by atoms with Gasteiger partial charge >= 0.3 is 0 Å². The van der Waals surface area contributed by atoms with Crippen molar-refractivity contribution in [2.45, 2.75) is 172 Å². The van der Waals surface area contributed by atoms with E-state index >= 15 is 0 Å². The van der Waals surface area contributed by atoms with Gasteiger partial charge in [0.1, 0.15) is 42.7 Å². The van der Waals surface area contributed by atoms with Gasteiger partial charge in [0.25, 0.3) is 0 Å². The van der Waals surface area contributed by atoms with Crippen molar-refractivity contribution in [3.8, 4) is 0 Å². The molecule has 6 N–H and O–H groups in total. The summed E-state index contributed by atoms with van der Waals surface area (Å²) in [5.74, 6) is 2.99. The minimum absolute atomic E-state index is 0.0757. The van der Waals surface area contributed by atoms with Crippen molar-refractivity contribution in [1.29, 1.82) is 0 Å². The van der Waals surface area contributed by atoms with Crippen molar-refractivity contribution in [2.75, 3.05) is 13.2 Å². The summed E-state index contributed by atoms with van der Waals surface area (Å²) in [6.45, 7) is 11.5. The van der Waals surface area contributed by atoms with Crippen molar-refractivity contribution in [3.63, 3.8) is 0 Å². The lowest BCUT2D eigenvalue weighted by atomic mass is 9.47. The third-order valence-electron chi connectivity index (χ3n) is 15.6. The molecule has 12 heteroatoms. The van der Waals surface area contributed by atoms with Gasteiger partial charge in [0.15, 0.2) is 18.4 Å². The molecule has 8 aliphatic rings. The number of hydrogen-bond donors (Lipinski definition) is 6. The summed E-state index contributed by atoms with van der Waals surface area (Å²) in [5.41, 5.74) is 1.75. The molecule has 0 bridgehead atoms. The quantitative estimate of drug-likeness (QED) is 0.229. The van der Waals surface area contributed by atoms with Gasteiger partial charge < -0.3 is 59.1 Å². The zero-order valence-electron chi connectivity index (χ0n) is 30.9. The van der Waals surface area contributed by atoms with E-state index in [0.29, 0.717) is 35.5 Å². The largest absolute Gasteiger partial charge is 0.394 e. The number of rotatable bonds is 5. The first-order chi connectivity index (χ1) is 24.2. The van der Waals surface area contributed by atoms with E-state index in [1.165, 1.54) is 31.8 Å². The highest BCUT2D eigenvalue weighted by Crippen LogP contribution is 2.70. The molecular weight excluding hydrogens is 660 g/mol. The van der Waals surface area contributed by atoms with E-state index < -0.39 is 73.8 Å². The molecule has 21 atom stereocenters. The Bertz CT molecular complexity index is 1300. The maximum Gasteiger partial charge on any atom is 0.187 e. The standard InChI is InChI=1S/C39H62O12/c1-18-8-13-39(46-17-18)19(2)28-26(51-39)15-25-23-7-6-21-14-22(9-11-37(21,4)24(23)10-12-38(25,28)5)48-36-33(45)31(43)34(27(16-40)49-36)50-35-32(44)30(42)29(41)20(3)47-35/h6,18-20,22-36,40-45H,7-17H2,1-5H3/t18-,19-,20-,22-,23+,24-,25-,26-,27+,28-,29-,30+,31+,32+,33+,34+,35-,36+,37-,38-,39-/m0/s1. The van der Waals surface area contributed by atoms with Gasteiger partial charge in [-0.05, 0) is 98.7 Å². The van der Waals surface area contributed by atoms with Crippen LogP contribution in [0.2, 0.25) is 0 Å². The van der Waals surface area contributed by atoms with Crippen LogP contribution >= 0.6 is 0 Å². The maximum absolute atomic E-state index is 11.1. The van der Waals surface area contributed by atoms with Gasteiger partial charge in [-0.25, -0.2) is 0 Å². The minimum Gasteiger partial charge on any atom is -0.394 e. The van der Waals surface area contributed by atoms with E-state index in [2.05, 4.69) is 33.8 Å². The van der Waals surface area contributed by atoms with Crippen LogP contribution in [0.5, 0.6) is 0 Å². The van der Waals surface area contributed by atoms with Crippen LogP contribution in [-0.2, 0) is 28.4 Å². The molecule has 4 aliphatic carbocycles. The Morgan fingerprint density at radius 2 is 1.57 bits per heavy atom. The monoisotopic (exact) mass is 722 g/mol. The number of hydrogen-bond acceptors (Lipinski definition) is 12. The fourth-order valence-electron chi connectivity index (χ4n) is 12.6. The molecule has 0 unspecified atom stereocenters. The smallest absolute Gasteiger partial charge is 0.187 e. The summed E-state index contributed by atoms with van der Waals surface area (Å²) in [4.78, 5) is 0. The summed E-state index contributed by atoms with van der Waals surface area (Å²) in [5, 5.41) is 63.1. The predicted molar refractivity (Wildman–Crippen MR) is 182 cm³/mol. The molecule has 0 amide bonds. The van der Waals surface area contributed by atoms with E-state index in [1.807, 2.05) is 0 Å². The first kappa shape index (κ1) is 37.2. The van der Waals surface area contributed by atoms with E-state index in [4.69, 9.17) is 28.4 Å². The second-order valence-corrected chi connectivity index (χ2v) is 18.3. The number of aliphatic hydroxyl groups excluding tert-OH is 6. The number of allylic oxidation sites excluding steroid dienone is 1. The molecule has 290 valence electrons. The first-order valence-electron chi connectivity index (χ1n) is 19.8. The molecule has 0 radical (unpaired) electrons. The Morgan fingerprint density at radius 3 is 2.29 bits per heavy atom. The topological polar surface area (TPSA) is 177 Å². The fraction of sp³-hybridized carbons (Fsp3) is 0.949. The van der Waals surface area contributed by atoms with Gasteiger partial charge in [-0.15, -0.1) is 0 Å². The zero-order valence-corrected chi connectivity index (χ0v) is 30.9. The summed E-state index contributed by atoms with van der Waals surface area (Å²) in [6.07, 6.45) is -1.53. The van der Waals surface area contributed by atoms with Crippen LogP contribution in [0.15, 0.2) is 11.6 Å². The maximum atomic E-state index is 11.1. The zero-order chi connectivity index (χ0) is 36.2. The van der Waals surface area contributed by atoms with Crippen LogP contribution in [-0.4, -0.2) is 123 Å². The molecule has 4 aliphatic heterocycles. The minimum atomic E-state index is -1.61. The van der Waals surface area contributed by atoms with Crippen LogP contribution < -0.4 is 0 Å². The van der Waals surface area contributed by atoms with Gasteiger partial charge in [0.2, 0.25) is 0 Å². The van der Waals surface area contributed by atoms with Crippen molar-refractivity contribution in [3.05, 3.63) is 11.6 Å². The lowest BCUT2D eigenvalue weighted by Gasteiger charge is -2.58. The van der Waals surface area contributed by atoms with Gasteiger partial charge in [-0.2, -0.15) is 0 Å². The van der Waals surface area contributed by atoms with Gasteiger partial charge in [-0.3, -0.25) is 0 Å². The van der Waals surface area contributed by atoms with Crippen molar-refractivity contribution < 1.29 is 59.1 Å². The molecule has 51 heavy (non-hydrogen) atoms. The highest BCUT2D eigenvalue weighted by atomic mass is 16.7. The van der Waals surface area contributed by atoms with E-state index in [0.717, 1.165) is 45.1 Å². The highest BCUT2D eigenvalue weighted by molar-refractivity contribution is 5.26. The lowest BCUT2D eigenvalue weighted by molar-refractivity contribution is -0.360. The number of aliphatic hydroxyl groups is 6. The average molecular weight is 723 g/mol. The van der Waals surface area contributed by atoms with Gasteiger partial charge in [0, 0.05) is 12.3 Å². The predicted octanol–water partition coefficient (Wildman–Crippen LogP) is 2.39. The second kappa shape index (κ2) is 13.5. The van der Waals surface area contributed by atoms with Crippen molar-refractivity contribution in [2.24, 2.45) is 46.3 Å². The Balaban J connectivity index is 0.915. The molecule has 7 fully saturated rings. The molecule has 8 rings (SSSR count). The van der Waals surface area contributed by atoms with Crippen molar-refractivity contribution in [1.82, 2.24) is 0 Å². The summed E-state index contributed by atoms with van der Waals surface area (Å²) >= 11 is 0. The van der Waals surface area contributed by atoms with E-state index in [-0.39, 0.29) is 23.0 Å². The fourth-order valence-corrected chi connectivity index (χ4v) is 12.6. The SMILES string of the molecule is C[C@H]1CC[C@]2(OC1)O[C@H]1C[C@H]3[C@@H]4CC=C5C[C@@H](O[C@@H]6O[C@H](CO)[C@@H](O[C@@H]7O[C@@H](C)[C@H](O)[C@@H](O)[C@H]7O)[C@H](O)[C@H]6O)CC[C@]5(C)[C@H]4CC[C@]3(C)[C@H]1[C@@H]2C.